The molecule has 0 amide bonds. The first-order chi connectivity index (χ1) is 21.5. The number of esters is 1. The molecule has 0 fully saturated rings. The van der Waals surface area contributed by atoms with Crippen molar-refractivity contribution in [1.29, 1.82) is 0 Å². The number of aromatic nitrogens is 2. The lowest BCUT2D eigenvalue weighted by Crippen LogP contribution is -2.27. The van der Waals surface area contributed by atoms with Gasteiger partial charge in [-0.1, -0.05) is 26.0 Å². The zero-order valence-corrected chi connectivity index (χ0v) is 26.3. The minimum Gasteiger partial charge on any atom is -0.466 e. The van der Waals surface area contributed by atoms with Crippen LogP contribution in [0.15, 0.2) is 30.3 Å². The summed E-state index contributed by atoms with van der Waals surface area (Å²) in [5, 5.41) is 39.5. The zero-order chi connectivity index (χ0) is 34.6. The van der Waals surface area contributed by atoms with Gasteiger partial charge in [0.25, 0.3) is 10.2 Å². The number of benzene rings is 1. The molecule has 0 aliphatic carbocycles. The molecule has 1 heterocycles. The Morgan fingerprint density at radius 1 is 1.13 bits per heavy atom. The van der Waals surface area contributed by atoms with Crippen molar-refractivity contribution in [2.75, 3.05) is 30.8 Å². The number of hydrogen-bond acceptors (Lipinski definition) is 14. The molecule has 46 heavy (non-hydrogen) atoms. The van der Waals surface area contributed by atoms with Gasteiger partial charge in [-0.2, -0.15) is 0 Å². The van der Waals surface area contributed by atoms with Crippen LogP contribution in [0.2, 0.25) is 0 Å². The third kappa shape index (κ3) is 12.5. The third-order valence-electron chi connectivity index (χ3n) is 6.34. The second-order valence-electron chi connectivity index (χ2n) is 10.4. The third-order valence-corrected chi connectivity index (χ3v) is 7.50. The van der Waals surface area contributed by atoms with E-state index in [2.05, 4.69) is 19.6 Å². The number of ether oxygens (including phenoxy) is 1. The van der Waals surface area contributed by atoms with Gasteiger partial charge in [-0.3, -0.25) is 4.79 Å². The van der Waals surface area contributed by atoms with Gasteiger partial charge in [-0.05, 0) is 43.0 Å². The van der Waals surface area contributed by atoms with Crippen LogP contribution < -0.4 is 4.31 Å². The van der Waals surface area contributed by atoms with Crippen LogP contribution in [0.25, 0.3) is 17.3 Å². The van der Waals surface area contributed by atoms with Crippen molar-refractivity contribution >= 4 is 28.0 Å². The van der Waals surface area contributed by atoms with E-state index in [1.165, 1.54) is 43.5 Å². The van der Waals surface area contributed by atoms with Crippen LogP contribution in [0.1, 0.15) is 56.7 Å². The van der Waals surface area contributed by atoms with Gasteiger partial charge in [0.1, 0.15) is 18.5 Å². The molecule has 0 aliphatic rings. The largest absolute Gasteiger partial charge is 0.466 e. The van der Waals surface area contributed by atoms with Crippen LogP contribution in [-0.4, -0.2) is 89.6 Å². The van der Waals surface area contributed by atoms with Gasteiger partial charge in [0.2, 0.25) is 16.0 Å². The van der Waals surface area contributed by atoms with E-state index in [9.17, 15) is 48.0 Å². The Bertz CT molecular complexity index is 1490. The molecule has 1 unspecified atom stereocenters. The highest BCUT2D eigenvalue weighted by Gasteiger charge is 2.23. The fourth-order valence-corrected chi connectivity index (χ4v) is 4.40. The van der Waals surface area contributed by atoms with Gasteiger partial charge >= 0.3 is 5.97 Å². The molecule has 1 aromatic heterocycles. The molecular formula is C27H36FN5O12S. The highest BCUT2D eigenvalue weighted by molar-refractivity contribution is 7.92. The van der Waals surface area contributed by atoms with Crippen molar-refractivity contribution in [1.82, 2.24) is 9.97 Å². The molecule has 3 atom stereocenters. The van der Waals surface area contributed by atoms with Crippen LogP contribution in [0, 0.1) is 26.0 Å². The summed E-state index contributed by atoms with van der Waals surface area (Å²) in [5.74, 6) is -1.67. The molecule has 2 N–H and O–H groups in total. The van der Waals surface area contributed by atoms with Gasteiger partial charge in [-0.25, -0.2) is 27.1 Å². The fourth-order valence-electron chi connectivity index (χ4n) is 4.02. The summed E-state index contributed by atoms with van der Waals surface area (Å²) in [7, 11) is -2.42. The topological polar surface area (TPSA) is 235 Å². The average Bonchev–Trinajstić information content (AvgIpc) is 2.95. The standard InChI is InChI=1S/C27H36FN5O12S/c1-17(2)25-23(26(18-7-9-19(28)10-8-18)30-27(29-25)31(3)46(4,41)42)12-11-20(34)14-21(35)15-24(36)43-13-5-6-22(45-33(39)40)16-44-32(37)38/h7-12,17,20-22,34-35H,5-6,13-16H2,1-4H3/b12-11+/t20-,21-,22?/m1/s1. The number of anilines is 1. The zero-order valence-electron chi connectivity index (χ0n) is 25.5. The van der Waals surface area contributed by atoms with Crippen LogP contribution in [0.3, 0.4) is 0 Å². The fraction of sp³-hybridized carbons (Fsp3) is 0.519. The Morgan fingerprint density at radius 3 is 2.35 bits per heavy atom. The molecule has 2 aromatic rings. The minimum absolute atomic E-state index is 0.0438. The molecule has 19 heteroatoms. The van der Waals surface area contributed by atoms with Gasteiger partial charge in [0, 0.05) is 24.6 Å². The second kappa shape index (κ2) is 17.3. The molecule has 17 nitrogen and oxygen atoms in total. The van der Waals surface area contributed by atoms with Crippen LogP contribution in [-0.2, 0) is 29.2 Å². The Balaban J connectivity index is 2.11. The van der Waals surface area contributed by atoms with Crippen molar-refractivity contribution in [2.24, 2.45) is 0 Å². The maximum Gasteiger partial charge on any atom is 0.308 e. The summed E-state index contributed by atoms with van der Waals surface area (Å²) in [6.07, 6.45) is -0.819. The molecule has 0 saturated heterocycles. The van der Waals surface area contributed by atoms with E-state index in [4.69, 9.17) is 4.74 Å². The minimum atomic E-state index is -3.72. The van der Waals surface area contributed by atoms with Crippen molar-refractivity contribution in [2.45, 2.75) is 63.8 Å². The lowest BCUT2D eigenvalue weighted by atomic mass is 9.97. The van der Waals surface area contributed by atoms with E-state index < -0.39 is 63.3 Å². The van der Waals surface area contributed by atoms with Crippen molar-refractivity contribution in [3.63, 3.8) is 0 Å². The van der Waals surface area contributed by atoms with Crippen molar-refractivity contribution in [3.05, 3.63) is 67.6 Å². The summed E-state index contributed by atoms with van der Waals surface area (Å²) in [5.41, 5.74) is 1.58. The number of halogens is 1. The van der Waals surface area contributed by atoms with Gasteiger partial charge in [0.15, 0.2) is 0 Å². The molecular weight excluding hydrogens is 637 g/mol. The Kier molecular flexibility index (Phi) is 14.2. The molecule has 0 radical (unpaired) electrons. The van der Waals surface area contributed by atoms with E-state index in [1.807, 2.05) is 13.8 Å². The summed E-state index contributed by atoms with van der Waals surface area (Å²) >= 11 is 0. The normalized spacial score (nSPS) is 13.7. The predicted octanol–water partition coefficient (Wildman–Crippen LogP) is 2.43. The Morgan fingerprint density at radius 2 is 1.78 bits per heavy atom. The first-order valence-electron chi connectivity index (χ1n) is 13.9. The molecule has 1 aromatic carbocycles. The number of hydrogen-bond donors (Lipinski definition) is 2. The highest BCUT2D eigenvalue weighted by Crippen LogP contribution is 2.31. The van der Waals surface area contributed by atoms with E-state index >= 15 is 0 Å². The summed E-state index contributed by atoms with van der Waals surface area (Å²) in [6.45, 7) is 2.73. The lowest BCUT2D eigenvalue weighted by molar-refractivity contribution is -0.790. The maximum atomic E-state index is 13.7. The maximum absolute atomic E-state index is 13.7. The van der Waals surface area contributed by atoms with Crippen LogP contribution in [0.5, 0.6) is 0 Å². The van der Waals surface area contributed by atoms with Gasteiger partial charge < -0.3 is 24.6 Å². The molecule has 0 aliphatic heterocycles. The summed E-state index contributed by atoms with van der Waals surface area (Å²) < 4.78 is 44.0. The van der Waals surface area contributed by atoms with Crippen LogP contribution in [0.4, 0.5) is 10.3 Å². The Labute approximate surface area is 263 Å². The highest BCUT2D eigenvalue weighted by atomic mass is 32.2. The first-order valence-corrected chi connectivity index (χ1v) is 15.7. The number of rotatable bonds is 19. The molecule has 254 valence electrons. The van der Waals surface area contributed by atoms with E-state index in [0.717, 1.165) is 10.6 Å². The number of aliphatic hydroxyl groups excluding tert-OH is 2. The number of aliphatic hydroxyl groups is 2. The Hall–Kier alpha value is -4.49. The number of nitrogens with zero attached hydrogens (tertiary/aromatic N) is 5. The number of sulfonamides is 1. The lowest BCUT2D eigenvalue weighted by Gasteiger charge is -2.20. The quantitative estimate of drug-likeness (QED) is 0.0943. The number of carbonyl (C=O) groups excluding carboxylic acids is 1. The van der Waals surface area contributed by atoms with Crippen molar-refractivity contribution in [3.8, 4) is 11.3 Å². The SMILES string of the molecule is CC(C)c1nc(N(C)S(C)(=O)=O)nc(-c2ccc(F)cc2)c1/C=C/[C@@H](O)C[C@@H](O)CC(=O)OCCCC(CO[N+](=O)[O-])O[N+](=O)[O-]. The molecule has 0 saturated carbocycles. The van der Waals surface area contributed by atoms with Crippen LogP contribution >= 0.6 is 0 Å². The molecule has 0 bridgehead atoms. The van der Waals surface area contributed by atoms with Gasteiger partial charge in [0.05, 0.1) is 42.9 Å². The van der Waals surface area contributed by atoms with E-state index in [0.29, 0.717) is 16.8 Å². The summed E-state index contributed by atoms with van der Waals surface area (Å²) in [6, 6.07) is 5.36. The predicted molar refractivity (Wildman–Crippen MR) is 160 cm³/mol. The summed E-state index contributed by atoms with van der Waals surface area (Å²) in [4.78, 5) is 50.2. The monoisotopic (exact) mass is 673 g/mol. The smallest absolute Gasteiger partial charge is 0.308 e. The number of carbonyl (C=O) groups is 1. The average molecular weight is 674 g/mol. The van der Waals surface area contributed by atoms with Crippen molar-refractivity contribution < 1.29 is 52.4 Å². The van der Waals surface area contributed by atoms with E-state index in [1.54, 1.807) is 0 Å². The second-order valence-corrected chi connectivity index (χ2v) is 12.4. The first kappa shape index (κ1) is 37.7. The van der Waals surface area contributed by atoms with E-state index in [-0.39, 0.29) is 43.4 Å². The molecule has 2 rings (SSSR count). The van der Waals surface area contributed by atoms with Gasteiger partial charge in [-0.15, -0.1) is 20.2 Å². The molecule has 0 spiro atoms.